The van der Waals surface area contributed by atoms with Gasteiger partial charge in [-0.2, -0.15) is 15.5 Å². The highest BCUT2D eigenvalue weighted by Gasteiger charge is 2.46. The third-order valence-corrected chi connectivity index (χ3v) is 7.67. The lowest BCUT2D eigenvalue weighted by Crippen LogP contribution is -2.51. The average molecular weight is 480 g/mol. The third kappa shape index (κ3) is 4.50. The average Bonchev–Trinajstić information content (AvgIpc) is 3.23. The number of aliphatic hydroxyl groups is 1. The lowest BCUT2D eigenvalue weighted by molar-refractivity contribution is -0.117. The minimum Gasteiger partial charge on any atom is -0.389 e. The van der Waals surface area contributed by atoms with Crippen molar-refractivity contribution in [3.8, 4) is 6.07 Å². The number of hydrazine groups is 1. The molecule has 3 N–H and O–H groups in total. The molecule has 5 rings (SSSR count). The number of nitriles is 1. The maximum absolute atomic E-state index is 9.75. The molecule has 2 saturated heterocycles. The van der Waals surface area contributed by atoms with Crippen LogP contribution in [0.1, 0.15) is 59.9 Å². The van der Waals surface area contributed by atoms with Gasteiger partial charge in [0.15, 0.2) is 0 Å². The molecule has 1 saturated carbocycles. The van der Waals surface area contributed by atoms with Crippen LogP contribution in [0.3, 0.4) is 0 Å². The molecule has 186 valence electrons. The number of aliphatic hydroxyl groups excluding tert-OH is 1. The van der Waals surface area contributed by atoms with Crippen molar-refractivity contribution in [2.75, 3.05) is 25.1 Å². The summed E-state index contributed by atoms with van der Waals surface area (Å²) in [5.41, 5.74) is 11.4. The van der Waals surface area contributed by atoms with Crippen LogP contribution in [0.4, 0.5) is 5.82 Å². The smallest absolute Gasteiger partial charge is 0.146 e. The molecule has 0 bridgehead atoms. The Morgan fingerprint density at radius 2 is 2.00 bits per heavy atom. The first-order valence-corrected chi connectivity index (χ1v) is 12.2. The Morgan fingerprint density at radius 3 is 2.69 bits per heavy atom. The van der Waals surface area contributed by atoms with Gasteiger partial charge < -0.3 is 19.5 Å². The van der Waals surface area contributed by atoms with Crippen LogP contribution >= 0.6 is 0 Å². The molecule has 5 unspecified atom stereocenters. The van der Waals surface area contributed by atoms with Crippen LogP contribution in [-0.2, 0) is 9.47 Å². The Bertz CT molecular complexity index is 1100. The van der Waals surface area contributed by atoms with E-state index < -0.39 is 0 Å². The number of hydrogen-bond donors (Lipinski definition) is 3. The Morgan fingerprint density at radius 1 is 1.20 bits per heavy atom. The number of methoxy groups -OCH3 is 1. The standard InChI is InChI=1S/C25H33N7O3/c1-13-9-28-29-14(2)23(13)15(3)35-22-6-19-20(7-21(22)34-4)30-31-24(19)17-5-16(8-26)25(27-10-17)32-11-18(33)12-32/h5,9-10,15,18-22,24,30-31,33H,6-7,11-12H2,1-4H3/t15-,19?,20?,21?,22?,24?/m1/s1. The van der Waals surface area contributed by atoms with Crippen molar-refractivity contribution < 1.29 is 14.6 Å². The van der Waals surface area contributed by atoms with Gasteiger partial charge in [0.1, 0.15) is 11.9 Å². The molecule has 0 amide bonds. The maximum atomic E-state index is 9.75. The first-order chi connectivity index (χ1) is 16.9. The summed E-state index contributed by atoms with van der Waals surface area (Å²) in [7, 11) is 1.74. The van der Waals surface area contributed by atoms with E-state index in [0.717, 1.165) is 35.2 Å². The summed E-state index contributed by atoms with van der Waals surface area (Å²) in [6, 6.07) is 4.43. The van der Waals surface area contributed by atoms with Crippen LogP contribution < -0.4 is 15.8 Å². The number of aryl methyl sites for hydroxylation is 2. The van der Waals surface area contributed by atoms with Crippen molar-refractivity contribution in [3.05, 3.63) is 46.4 Å². The van der Waals surface area contributed by atoms with Crippen LogP contribution in [0.2, 0.25) is 0 Å². The first-order valence-electron chi connectivity index (χ1n) is 12.2. The molecule has 6 atom stereocenters. The lowest BCUT2D eigenvalue weighted by atomic mass is 9.77. The van der Waals surface area contributed by atoms with Gasteiger partial charge >= 0.3 is 0 Å². The van der Waals surface area contributed by atoms with E-state index in [1.807, 2.05) is 31.0 Å². The number of pyridine rings is 1. The zero-order valence-electron chi connectivity index (χ0n) is 20.6. The van der Waals surface area contributed by atoms with Crippen molar-refractivity contribution in [2.45, 2.75) is 70.1 Å². The predicted octanol–water partition coefficient (Wildman–Crippen LogP) is 1.63. The van der Waals surface area contributed by atoms with Crippen LogP contribution in [0.5, 0.6) is 0 Å². The number of anilines is 1. The van der Waals surface area contributed by atoms with Gasteiger partial charge in [-0.1, -0.05) is 0 Å². The molecular weight excluding hydrogens is 446 g/mol. The summed E-state index contributed by atoms with van der Waals surface area (Å²) in [6.07, 6.45) is 4.64. The highest BCUT2D eigenvalue weighted by molar-refractivity contribution is 5.57. The number of nitrogens with zero attached hydrogens (tertiary/aromatic N) is 5. The molecule has 10 heteroatoms. The van der Waals surface area contributed by atoms with E-state index in [9.17, 15) is 10.4 Å². The Balaban J connectivity index is 1.35. The monoisotopic (exact) mass is 479 g/mol. The SMILES string of the molecule is COC1CC2NNC(c3cnc(N4CC(O)C4)c(C#N)c3)C2CC1O[C@H](C)c1c(C)cnnc1C. The molecule has 3 fully saturated rings. The number of rotatable bonds is 6. The minimum atomic E-state index is -0.352. The molecule has 4 heterocycles. The Labute approximate surface area is 205 Å². The molecule has 0 spiro atoms. The number of aromatic nitrogens is 3. The zero-order chi connectivity index (χ0) is 24.7. The van der Waals surface area contributed by atoms with E-state index in [1.54, 1.807) is 13.3 Å². The summed E-state index contributed by atoms with van der Waals surface area (Å²) in [4.78, 5) is 6.54. The molecule has 2 aliphatic heterocycles. The summed E-state index contributed by atoms with van der Waals surface area (Å²) in [5.74, 6) is 0.889. The number of nitrogens with one attached hydrogen (secondary N) is 2. The van der Waals surface area contributed by atoms with Crippen molar-refractivity contribution in [3.63, 3.8) is 0 Å². The first kappa shape index (κ1) is 24.0. The number of fused-ring (bicyclic) bond motifs is 1. The fourth-order valence-electron chi connectivity index (χ4n) is 5.88. The molecule has 0 aromatic carbocycles. The second-order valence-electron chi connectivity index (χ2n) is 9.94. The van der Waals surface area contributed by atoms with E-state index >= 15 is 0 Å². The molecule has 10 nitrogen and oxygen atoms in total. The third-order valence-electron chi connectivity index (χ3n) is 7.67. The van der Waals surface area contributed by atoms with Gasteiger partial charge in [0, 0.05) is 38.0 Å². The molecule has 0 radical (unpaired) electrons. The van der Waals surface area contributed by atoms with Crippen LogP contribution in [0.15, 0.2) is 18.5 Å². The normalized spacial score (nSPS) is 29.4. The summed E-state index contributed by atoms with van der Waals surface area (Å²) < 4.78 is 12.5. The van der Waals surface area contributed by atoms with Gasteiger partial charge in [-0.3, -0.25) is 5.43 Å². The largest absolute Gasteiger partial charge is 0.389 e. The van der Waals surface area contributed by atoms with Crippen LogP contribution in [0, 0.1) is 31.1 Å². The molecule has 2 aromatic rings. The Hall–Kier alpha value is -2.68. The topological polar surface area (TPSA) is 128 Å². The van der Waals surface area contributed by atoms with Gasteiger partial charge in [-0.15, -0.1) is 0 Å². The van der Waals surface area contributed by atoms with Crippen molar-refractivity contribution in [1.29, 1.82) is 5.26 Å². The number of β-amino-alcohol motifs (C(OH)–C–C–N with tert-alkyl or cyclic N) is 1. The van der Waals surface area contributed by atoms with Crippen LogP contribution in [-0.4, -0.2) is 64.8 Å². The minimum absolute atomic E-state index is 0.000840. The van der Waals surface area contributed by atoms with Gasteiger partial charge in [-0.25, -0.2) is 10.4 Å². The number of ether oxygens (including phenoxy) is 2. The fraction of sp³-hybridized carbons (Fsp3) is 0.600. The summed E-state index contributed by atoms with van der Waals surface area (Å²) in [5, 5.41) is 27.6. The van der Waals surface area contributed by atoms with Gasteiger partial charge in [0.25, 0.3) is 0 Å². The van der Waals surface area contributed by atoms with E-state index in [-0.39, 0.29) is 42.4 Å². The number of hydrogen-bond acceptors (Lipinski definition) is 10. The van der Waals surface area contributed by atoms with Crippen molar-refractivity contribution >= 4 is 5.82 Å². The molecule has 3 aliphatic rings. The molecular formula is C25H33N7O3. The summed E-state index contributed by atoms with van der Waals surface area (Å²) >= 11 is 0. The van der Waals surface area contributed by atoms with E-state index in [0.29, 0.717) is 24.5 Å². The van der Waals surface area contributed by atoms with Crippen molar-refractivity contribution in [2.24, 2.45) is 5.92 Å². The van der Waals surface area contributed by atoms with Gasteiger partial charge in [-0.05, 0) is 56.7 Å². The quantitative estimate of drug-likeness (QED) is 0.562. The lowest BCUT2D eigenvalue weighted by Gasteiger charge is -2.40. The van der Waals surface area contributed by atoms with Gasteiger partial charge in [0.2, 0.25) is 0 Å². The highest BCUT2D eigenvalue weighted by Crippen LogP contribution is 2.42. The fourth-order valence-corrected chi connectivity index (χ4v) is 5.88. The van der Waals surface area contributed by atoms with E-state index in [1.165, 1.54) is 0 Å². The van der Waals surface area contributed by atoms with Crippen molar-refractivity contribution in [1.82, 2.24) is 26.0 Å². The molecule has 35 heavy (non-hydrogen) atoms. The summed E-state index contributed by atoms with van der Waals surface area (Å²) in [6.45, 7) is 7.08. The molecule has 2 aromatic heterocycles. The highest BCUT2D eigenvalue weighted by atomic mass is 16.5. The molecule has 1 aliphatic carbocycles. The zero-order valence-corrected chi connectivity index (χ0v) is 20.6. The second-order valence-corrected chi connectivity index (χ2v) is 9.94. The maximum Gasteiger partial charge on any atom is 0.146 e. The second kappa shape index (κ2) is 9.76. The van der Waals surface area contributed by atoms with Gasteiger partial charge in [0.05, 0.1) is 47.9 Å². The predicted molar refractivity (Wildman–Crippen MR) is 128 cm³/mol. The van der Waals surface area contributed by atoms with Crippen LogP contribution in [0.25, 0.3) is 0 Å². The van der Waals surface area contributed by atoms with E-state index in [2.05, 4.69) is 39.0 Å². The Kier molecular flexibility index (Phi) is 6.70. The van der Waals surface area contributed by atoms with E-state index in [4.69, 9.17) is 9.47 Å².